The number of hydrogen-bond donors (Lipinski definition) is 1. The summed E-state index contributed by atoms with van der Waals surface area (Å²) in [4.78, 5) is 17.6. The standard InChI is InChI=1S/C27H31N5OS/c1-18(25(33)29-27-13-20-10-21(14-27)12-22(11-20)15-27)34-26-31-30-24(23-8-5-9-28-16-23)32(26)17-19-6-3-2-4-7-19/h2-9,16,18,20-22H,10-15,17H2,1H3,(H,29,33)/t18-,20?,21?,22?,27?/m1/s1. The maximum atomic E-state index is 13.4. The van der Waals surface area contributed by atoms with Crippen molar-refractivity contribution in [1.29, 1.82) is 0 Å². The van der Waals surface area contributed by atoms with Crippen LogP contribution >= 0.6 is 11.8 Å². The first-order chi connectivity index (χ1) is 16.6. The third-order valence-electron chi connectivity index (χ3n) is 7.90. The van der Waals surface area contributed by atoms with E-state index in [1.807, 2.05) is 43.5 Å². The summed E-state index contributed by atoms with van der Waals surface area (Å²) in [5.74, 6) is 3.33. The van der Waals surface area contributed by atoms with Crippen LogP contribution in [0.5, 0.6) is 0 Å². The molecule has 1 N–H and O–H groups in total. The summed E-state index contributed by atoms with van der Waals surface area (Å²) in [6.07, 6.45) is 11.2. The van der Waals surface area contributed by atoms with Crippen molar-refractivity contribution in [2.45, 2.75) is 67.9 Å². The van der Waals surface area contributed by atoms with E-state index in [4.69, 9.17) is 0 Å². The molecule has 3 aromatic rings. The number of benzene rings is 1. The minimum absolute atomic E-state index is 0.0270. The zero-order valence-electron chi connectivity index (χ0n) is 19.6. The highest BCUT2D eigenvalue weighted by Gasteiger charge is 2.51. The molecule has 1 aromatic carbocycles. The number of thioether (sulfide) groups is 1. The van der Waals surface area contributed by atoms with Crippen LogP contribution in [0.25, 0.3) is 11.4 Å². The highest BCUT2D eigenvalue weighted by molar-refractivity contribution is 8.00. The number of carbonyl (C=O) groups is 1. The van der Waals surface area contributed by atoms with Gasteiger partial charge >= 0.3 is 0 Å². The highest BCUT2D eigenvalue weighted by atomic mass is 32.2. The molecule has 0 unspecified atom stereocenters. The second-order valence-corrected chi connectivity index (χ2v) is 11.9. The fraction of sp³-hybridized carbons (Fsp3) is 0.481. The Morgan fingerprint density at radius 2 is 1.76 bits per heavy atom. The van der Waals surface area contributed by atoms with E-state index in [-0.39, 0.29) is 16.7 Å². The van der Waals surface area contributed by atoms with Crippen molar-refractivity contribution in [2.75, 3.05) is 0 Å². The molecule has 4 bridgehead atoms. The zero-order valence-corrected chi connectivity index (χ0v) is 20.4. The molecule has 1 atom stereocenters. The Morgan fingerprint density at radius 1 is 1.06 bits per heavy atom. The average molecular weight is 474 g/mol. The SMILES string of the molecule is C[C@@H](Sc1nnc(-c2cccnc2)n1Cc1ccccc1)C(=O)NC12CC3CC(CC(C3)C1)C2. The Morgan fingerprint density at radius 3 is 2.41 bits per heavy atom. The van der Waals surface area contributed by atoms with Gasteiger partial charge in [0.25, 0.3) is 0 Å². The maximum absolute atomic E-state index is 13.4. The van der Waals surface area contributed by atoms with Gasteiger partial charge in [0.15, 0.2) is 11.0 Å². The van der Waals surface area contributed by atoms with Crippen molar-refractivity contribution in [1.82, 2.24) is 25.1 Å². The van der Waals surface area contributed by atoms with Gasteiger partial charge in [-0.05, 0) is 80.9 Å². The van der Waals surface area contributed by atoms with Gasteiger partial charge in [0.05, 0.1) is 11.8 Å². The summed E-state index contributed by atoms with van der Waals surface area (Å²) >= 11 is 1.50. The quantitative estimate of drug-likeness (QED) is 0.492. The monoisotopic (exact) mass is 473 g/mol. The van der Waals surface area contributed by atoms with Gasteiger partial charge in [0.2, 0.25) is 5.91 Å². The van der Waals surface area contributed by atoms with E-state index in [2.05, 4.69) is 37.2 Å². The third-order valence-corrected chi connectivity index (χ3v) is 8.98. The molecule has 1 amide bonds. The molecule has 176 valence electrons. The first kappa shape index (κ1) is 21.8. The Labute approximate surface area is 205 Å². The van der Waals surface area contributed by atoms with Gasteiger partial charge in [-0.15, -0.1) is 10.2 Å². The first-order valence-corrected chi connectivity index (χ1v) is 13.3. The topological polar surface area (TPSA) is 72.7 Å². The van der Waals surface area contributed by atoms with Gasteiger partial charge in [0.1, 0.15) is 0 Å². The van der Waals surface area contributed by atoms with Gasteiger partial charge in [-0.1, -0.05) is 42.1 Å². The molecule has 34 heavy (non-hydrogen) atoms. The van der Waals surface area contributed by atoms with Crippen molar-refractivity contribution in [3.8, 4) is 11.4 Å². The molecule has 4 aliphatic rings. The zero-order chi connectivity index (χ0) is 23.1. The molecular formula is C27H31N5OS. The minimum Gasteiger partial charge on any atom is -0.350 e. The van der Waals surface area contributed by atoms with Crippen LogP contribution in [-0.2, 0) is 11.3 Å². The predicted octanol–water partition coefficient (Wildman–Crippen LogP) is 4.95. The summed E-state index contributed by atoms with van der Waals surface area (Å²) in [5.41, 5.74) is 2.11. The summed E-state index contributed by atoms with van der Waals surface area (Å²) in [6.45, 7) is 2.63. The summed E-state index contributed by atoms with van der Waals surface area (Å²) in [5, 5.41) is 13.0. The summed E-state index contributed by atoms with van der Waals surface area (Å²) in [6, 6.07) is 14.2. The lowest BCUT2D eigenvalue weighted by Gasteiger charge is -2.57. The molecule has 0 radical (unpaired) electrons. The predicted molar refractivity (Wildman–Crippen MR) is 133 cm³/mol. The normalized spacial score (nSPS) is 28.1. The molecule has 0 spiro atoms. The van der Waals surface area contributed by atoms with Crippen LogP contribution < -0.4 is 5.32 Å². The number of amides is 1. The van der Waals surface area contributed by atoms with Crippen molar-refractivity contribution < 1.29 is 4.79 Å². The van der Waals surface area contributed by atoms with E-state index >= 15 is 0 Å². The van der Waals surface area contributed by atoms with Crippen molar-refractivity contribution >= 4 is 17.7 Å². The van der Waals surface area contributed by atoms with Crippen LogP contribution in [0.15, 0.2) is 60.0 Å². The van der Waals surface area contributed by atoms with Crippen molar-refractivity contribution in [3.05, 3.63) is 60.4 Å². The second-order valence-electron chi connectivity index (χ2n) is 10.6. The fourth-order valence-corrected chi connectivity index (χ4v) is 7.68. The van der Waals surface area contributed by atoms with Crippen molar-refractivity contribution in [2.24, 2.45) is 17.8 Å². The number of carbonyl (C=O) groups excluding carboxylic acids is 1. The van der Waals surface area contributed by atoms with E-state index in [0.717, 1.165) is 34.3 Å². The Hall–Kier alpha value is -2.67. The third kappa shape index (κ3) is 4.26. The van der Waals surface area contributed by atoms with Crippen LogP contribution in [0.3, 0.4) is 0 Å². The van der Waals surface area contributed by atoms with E-state index in [0.29, 0.717) is 6.54 Å². The minimum atomic E-state index is -0.242. The molecule has 0 saturated heterocycles. The molecule has 4 saturated carbocycles. The Balaban J connectivity index is 1.22. The molecule has 4 aliphatic carbocycles. The van der Waals surface area contributed by atoms with E-state index in [9.17, 15) is 4.79 Å². The lowest BCUT2D eigenvalue weighted by molar-refractivity contribution is -0.126. The van der Waals surface area contributed by atoms with Gasteiger partial charge in [-0.2, -0.15) is 0 Å². The van der Waals surface area contributed by atoms with Crippen LogP contribution in [0, 0.1) is 17.8 Å². The molecule has 7 rings (SSSR count). The number of rotatable bonds is 7. The molecule has 6 nitrogen and oxygen atoms in total. The largest absolute Gasteiger partial charge is 0.350 e. The van der Waals surface area contributed by atoms with Gasteiger partial charge < -0.3 is 5.32 Å². The number of nitrogens with one attached hydrogen (secondary N) is 1. The second kappa shape index (κ2) is 8.84. The van der Waals surface area contributed by atoms with E-state index < -0.39 is 0 Å². The number of aromatic nitrogens is 4. The number of pyridine rings is 1. The molecule has 4 fully saturated rings. The summed E-state index contributed by atoms with van der Waals surface area (Å²) in [7, 11) is 0. The fourth-order valence-electron chi connectivity index (χ4n) is 6.83. The lowest BCUT2D eigenvalue weighted by Crippen LogP contribution is -2.60. The lowest BCUT2D eigenvalue weighted by atomic mass is 9.53. The van der Waals surface area contributed by atoms with Crippen LogP contribution in [0.2, 0.25) is 0 Å². The van der Waals surface area contributed by atoms with E-state index in [1.54, 1.807) is 6.20 Å². The van der Waals surface area contributed by atoms with Crippen LogP contribution in [-0.4, -0.2) is 36.4 Å². The molecule has 7 heteroatoms. The Bertz CT molecular complexity index is 1130. The molecule has 2 aromatic heterocycles. The average Bonchev–Trinajstić information content (AvgIpc) is 3.21. The number of hydrogen-bond acceptors (Lipinski definition) is 5. The molecule has 2 heterocycles. The van der Waals surface area contributed by atoms with Gasteiger partial charge in [-0.3, -0.25) is 14.3 Å². The van der Waals surface area contributed by atoms with Crippen LogP contribution in [0.1, 0.15) is 51.0 Å². The maximum Gasteiger partial charge on any atom is 0.233 e. The Kier molecular flexibility index (Phi) is 5.68. The summed E-state index contributed by atoms with van der Waals surface area (Å²) < 4.78 is 2.10. The highest BCUT2D eigenvalue weighted by Crippen LogP contribution is 2.55. The van der Waals surface area contributed by atoms with E-state index in [1.165, 1.54) is 55.9 Å². The smallest absolute Gasteiger partial charge is 0.233 e. The molecular weight excluding hydrogens is 442 g/mol. The van der Waals surface area contributed by atoms with Gasteiger partial charge in [0, 0.05) is 23.5 Å². The first-order valence-electron chi connectivity index (χ1n) is 12.4. The van der Waals surface area contributed by atoms with Gasteiger partial charge in [-0.25, -0.2) is 0 Å². The van der Waals surface area contributed by atoms with Crippen molar-refractivity contribution in [3.63, 3.8) is 0 Å². The number of nitrogens with zero attached hydrogens (tertiary/aromatic N) is 4. The van der Waals surface area contributed by atoms with Crippen LogP contribution in [0.4, 0.5) is 0 Å². The molecule has 0 aliphatic heterocycles.